The highest BCUT2D eigenvalue weighted by Gasteiger charge is 2.30. The van der Waals surface area contributed by atoms with Crippen LogP contribution in [-0.2, 0) is 11.3 Å². The van der Waals surface area contributed by atoms with Crippen molar-refractivity contribution in [2.24, 2.45) is 11.8 Å². The van der Waals surface area contributed by atoms with Gasteiger partial charge in [0.05, 0.1) is 10.8 Å². The summed E-state index contributed by atoms with van der Waals surface area (Å²) < 4.78 is 2.24. The first-order valence-corrected chi connectivity index (χ1v) is 11.2. The predicted octanol–water partition coefficient (Wildman–Crippen LogP) is 4.07. The van der Waals surface area contributed by atoms with E-state index >= 15 is 0 Å². The van der Waals surface area contributed by atoms with Gasteiger partial charge in [0, 0.05) is 12.6 Å². The van der Waals surface area contributed by atoms with E-state index in [-0.39, 0.29) is 22.8 Å². The number of hydrogen-bond donors (Lipinski definition) is 1. The van der Waals surface area contributed by atoms with Crippen molar-refractivity contribution in [3.8, 4) is 0 Å². The van der Waals surface area contributed by atoms with Crippen LogP contribution >= 0.6 is 23.1 Å². The van der Waals surface area contributed by atoms with Crippen LogP contribution in [0.4, 0.5) is 0 Å². The van der Waals surface area contributed by atoms with Gasteiger partial charge in [0.25, 0.3) is 5.56 Å². The number of fused-ring (bicyclic) bond motifs is 1. The van der Waals surface area contributed by atoms with Crippen LogP contribution in [-0.4, -0.2) is 26.8 Å². The Hall–Kier alpha value is -1.60. The lowest BCUT2D eigenvalue weighted by atomic mass is 9.78. The summed E-state index contributed by atoms with van der Waals surface area (Å²) in [5.74, 6) is 1.13. The number of hydrogen-bond acceptors (Lipinski definition) is 5. The van der Waals surface area contributed by atoms with Crippen LogP contribution < -0.4 is 10.9 Å². The number of aromatic nitrogens is 2. The van der Waals surface area contributed by atoms with Crippen LogP contribution in [0, 0.1) is 11.8 Å². The van der Waals surface area contributed by atoms with Crippen LogP contribution in [0.15, 0.2) is 34.1 Å². The van der Waals surface area contributed by atoms with Crippen molar-refractivity contribution in [2.75, 3.05) is 0 Å². The minimum atomic E-state index is -0.325. The first-order chi connectivity index (χ1) is 12.9. The normalized spacial score (nSPS) is 23.9. The molecule has 0 radical (unpaired) electrons. The lowest BCUT2D eigenvalue weighted by Crippen LogP contribution is -2.46. The fraction of sp³-hybridized carbons (Fsp3) is 0.550. The van der Waals surface area contributed by atoms with Crippen molar-refractivity contribution in [2.45, 2.75) is 63.0 Å². The number of carbonyl (C=O) groups is 1. The summed E-state index contributed by atoms with van der Waals surface area (Å²) in [6.45, 7) is 10.5. The first-order valence-electron chi connectivity index (χ1n) is 9.48. The van der Waals surface area contributed by atoms with E-state index in [0.29, 0.717) is 33.8 Å². The van der Waals surface area contributed by atoms with E-state index in [9.17, 15) is 9.59 Å². The lowest BCUT2D eigenvalue weighted by Gasteiger charge is -2.35. The van der Waals surface area contributed by atoms with E-state index in [1.54, 1.807) is 10.6 Å². The Bertz CT molecular complexity index is 889. The Morgan fingerprint density at radius 3 is 3.04 bits per heavy atom. The van der Waals surface area contributed by atoms with Gasteiger partial charge < -0.3 is 5.32 Å². The van der Waals surface area contributed by atoms with Gasteiger partial charge in [0.1, 0.15) is 4.70 Å². The number of nitrogens with zero attached hydrogens (tertiary/aromatic N) is 2. The molecule has 1 aliphatic carbocycles. The summed E-state index contributed by atoms with van der Waals surface area (Å²) in [5, 5.41) is 5.34. The van der Waals surface area contributed by atoms with E-state index in [1.807, 2.05) is 18.4 Å². The van der Waals surface area contributed by atoms with Gasteiger partial charge in [0.15, 0.2) is 5.16 Å². The molecule has 2 heterocycles. The molecular formula is C20H27N3O2S2. The predicted molar refractivity (Wildman–Crippen MR) is 114 cm³/mol. The summed E-state index contributed by atoms with van der Waals surface area (Å²) in [6, 6.07) is 2.08. The highest BCUT2D eigenvalue weighted by Crippen LogP contribution is 2.30. The average molecular weight is 406 g/mol. The summed E-state index contributed by atoms with van der Waals surface area (Å²) in [5.41, 5.74) is 0.620. The van der Waals surface area contributed by atoms with E-state index in [2.05, 4.69) is 30.7 Å². The second kappa shape index (κ2) is 8.61. The zero-order valence-electron chi connectivity index (χ0n) is 16.1. The van der Waals surface area contributed by atoms with E-state index in [1.165, 1.54) is 29.5 Å². The van der Waals surface area contributed by atoms with Gasteiger partial charge in [-0.2, -0.15) is 0 Å². The summed E-state index contributed by atoms with van der Waals surface area (Å²) in [6.07, 6.45) is 5.11. The van der Waals surface area contributed by atoms with Crippen molar-refractivity contribution in [3.05, 3.63) is 34.5 Å². The summed E-state index contributed by atoms with van der Waals surface area (Å²) in [7, 11) is 0. The standard InChI is InChI=1S/C20H27N3O2S2/c1-5-10-23-19(25)17-16(9-11-26-17)22-20(23)27-14(4)18(24)21-15-8-6-7-12(2)13(15)3/h5,9,11-15H,1,6-8,10H2,2-4H3,(H,21,24). The quantitative estimate of drug-likeness (QED) is 0.447. The van der Waals surface area contributed by atoms with Crippen molar-refractivity contribution >= 4 is 39.2 Å². The molecule has 0 aromatic carbocycles. The van der Waals surface area contributed by atoms with Crippen molar-refractivity contribution in [3.63, 3.8) is 0 Å². The lowest BCUT2D eigenvalue weighted by molar-refractivity contribution is -0.121. The molecule has 1 N–H and O–H groups in total. The van der Waals surface area contributed by atoms with Crippen LogP contribution in [0.2, 0.25) is 0 Å². The van der Waals surface area contributed by atoms with Crippen LogP contribution in [0.5, 0.6) is 0 Å². The molecule has 7 heteroatoms. The molecular weight excluding hydrogens is 378 g/mol. The summed E-state index contributed by atoms with van der Waals surface area (Å²) in [4.78, 5) is 30.1. The second-order valence-electron chi connectivity index (χ2n) is 7.38. The number of thiophene rings is 1. The maximum absolute atomic E-state index is 12.8. The molecule has 5 nitrogen and oxygen atoms in total. The maximum Gasteiger partial charge on any atom is 0.272 e. The van der Waals surface area contributed by atoms with Gasteiger partial charge >= 0.3 is 0 Å². The monoisotopic (exact) mass is 405 g/mol. The van der Waals surface area contributed by atoms with Crippen molar-refractivity contribution in [1.82, 2.24) is 14.9 Å². The SMILES string of the molecule is C=CCn1c(SC(C)C(=O)NC2CCCC(C)C2C)nc2ccsc2c1=O. The molecule has 1 aliphatic rings. The Labute approximate surface area is 168 Å². The zero-order valence-corrected chi connectivity index (χ0v) is 17.7. The molecule has 0 saturated heterocycles. The molecule has 2 aromatic rings. The van der Waals surface area contributed by atoms with Gasteiger partial charge in [0.2, 0.25) is 5.91 Å². The van der Waals surface area contributed by atoms with E-state index in [4.69, 9.17) is 0 Å². The molecule has 4 unspecified atom stereocenters. The highest BCUT2D eigenvalue weighted by molar-refractivity contribution is 8.00. The number of amides is 1. The van der Waals surface area contributed by atoms with Crippen LogP contribution in [0.1, 0.15) is 40.0 Å². The third-order valence-electron chi connectivity index (χ3n) is 5.53. The number of thioether (sulfide) groups is 1. The van der Waals surface area contributed by atoms with Crippen LogP contribution in [0.25, 0.3) is 10.2 Å². The molecule has 0 bridgehead atoms. The zero-order chi connectivity index (χ0) is 19.6. The average Bonchev–Trinajstić information content (AvgIpc) is 3.11. The highest BCUT2D eigenvalue weighted by atomic mass is 32.2. The molecule has 1 saturated carbocycles. The number of rotatable bonds is 6. The largest absolute Gasteiger partial charge is 0.352 e. The number of allylic oxidation sites excluding steroid dienone is 1. The van der Waals surface area contributed by atoms with Crippen molar-refractivity contribution in [1.29, 1.82) is 0 Å². The maximum atomic E-state index is 12.8. The van der Waals surface area contributed by atoms with E-state index < -0.39 is 0 Å². The molecule has 3 rings (SSSR count). The smallest absolute Gasteiger partial charge is 0.272 e. The molecule has 2 aromatic heterocycles. The molecule has 146 valence electrons. The number of carbonyl (C=O) groups excluding carboxylic acids is 1. The van der Waals surface area contributed by atoms with Gasteiger partial charge in [-0.25, -0.2) is 4.98 Å². The van der Waals surface area contributed by atoms with Crippen LogP contribution in [0.3, 0.4) is 0 Å². The molecule has 1 fully saturated rings. The van der Waals surface area contributed by atoms with Gasteiger partial charge in [-0.15, -0.1) is 17.9 Å². The van der Waals surface area contributed by atoms with Crippen molar-refractivity contribution < 1.29 is 4.79 Å². The summed E-state index contributed by atoms with van der Waals surface area (Å²) >= 11 is 2.73. The van der Waals surface area contributed by atoms with Gasteiger partial charge in [-0.05, 0) is 36.6 Å². The Kier molecular flexibility index (Phi) is 6.42. The van der Waals surface area contributed by atoms with Gasteiger partial charge in [-0.3, -0.25) is 14.2 Å². The Morgan fingerprint density at radius 1 is 1.52 bits per heavy atom. The minimum absolute atomic E-state index is 0.00997. The Morgan fingerprint density at radius 2 is 2.30 bits per heavy atom. The van der Waals surface area contributed by atoms with Gasteiger partial charge in [-0.1, -0.05) is 44.5 Å². The third kappa shape index (κ3) is 4.29. The fourth-order valence-electron chi connectivity index (χ4n) is 3.60. The van der Waals surface area contributed by atoms with E-state index in [0.717, 1.165) is 12.8 Å². The Balaban J connectivity index is 1.77. The molecule has 27 heavy (non-hydrogen) atoms. The number of nitrogens with one attached hydrogen (secondary N) is 1. The molecule has 4 atom stereocenters. The molecule has 0 spiro atoms. The topological polar surface area (TPSA) is 64.0 Å². The minimum Gasteiger partial charge on any atom is -0.352 e. The fourth-order valence-corrected chi connectivity index (χ4v) is 5.31. The first kappa shape index (κ1) is 20.1. The second-order valence-corrected chi connectivity index (χ2v) is 9.60. The molecule has 1 amide bonds. The molecule has 0 aliphatic heterocycles. The third-order valence-corrected chi connectivity index (χ3v) is 7.51.